The average molecular weight is 378 g/mol. The van der Waals surface area contributed by atoms with E-state index in [2.05, 4.69) is 20.9 Å². The molecule has 0 amide bonds. The molecule has 4 rings (SSSR count). The number of ketones is 1. The molecule has 0 atom stereocenters. The Hall–Kier alpha value is -1.79. The smallest absolute Gasteiger partial charge is 0.191 e. The zero-order valence-electron chi connectivity index (χ0n) is 11.2. The predicted octanol–water partition coefficient (Wildman–Crippen LogP) is 4.57. The minimum Gasteiger partial charge on any atom is -0.486 e. The zero-order chi connectivity index (χ0) is 15.3. The third kappa shape index (κ3) is 1.98. The van der Waals surface area contributed by atoms with Crippen molar-refractivity contribution < 1.29 is 13.9 Å². The van der Waals surface area contributed by atoms with Gasteiger partial charge in [-0.05, 0) is 18.2 Å². The van der Waals surface area contributed by atoms with Crippen LogP contribution in [0.3, 0.4) is 0 Å². The van der Waals surface area contributed by atoms with Crippen LogP contribution in [0.1, 0.15) is 15.4 Å². The van der Waals surface area contributed by atoms with E-state index in [0.717, 1.165) is 15.8 Å². The number of thiophene rings is 1. The highest BCUT2D eigenvalue weighted by molar-refractivity contribution is 9.09. The van der Waals surface area contributed by atoms with Gasteiger partial charge in [0.05, 0.1) is 14.9 Å². The molecule has 22 heavy (non-hydrogen) atoms. The average Bonchev–Trinajstić information content (AvgIpc) is 2.94. The maximum atomic E-state index is 14.0. The lowest BCUT2D eigenvalue weighted by Gasteiger charge is -2.17. The molecule has 6 heteroatoms. The maximum Gasteiger partial charge on any atom is 0.191 e. The van der Waals surface area contributed by atoms with Crippen molar-refractivity contribution in [2.75, 3.05) is 5.33 Å². The van der Waals surface area contributed by atoms with Gasteiger partial charge in [0.15, 0.2) is 5.78 Å². The molecule has 0 N–H and O–H groups in total. The Bertz CT molecular complexity index is 922. The highest BCUT2D eigenvalue weighted by Crippen LogP contribution is 2.45. The lowest BCUT2D eigenvalue weighted by atomic mass is 10.0. The van der Waals surface area contributed by atoms with Gasteiger partial charge >= 0.3 is 0 Å². The SMILES string of the molecule is O=C(CBr)c1ccc2c(n1)-c1c(sc3c(F)cccc13)CO2. The molecule has 1 aliphatic rings. The molecule has 3 nitrogen and oxygen atoms in total. The van der Waals surface area contributed by atoms with Crippen LogP contribution in [-0.4, -0.2) is 16.1 Å². The summed E-state index contributed by atoms with van der Waals surface area (Å²) in [4.78, 5) is 17.3. The van der Waals surface area contributed by atoms with E-state index in [-0.39, 0.29) is 16.9 Å². The van der Waals surface area contributed by atoms with Crippen molar-refractivity contribution in [2.24, 2.45) is 0 Å². The maximum absolute atomic E-state index is 14.0. The van der Waals surface area contributed by atoms with Gasteiger partial charge in [-0.2, -0.15) is 0 Å². The summed E-state index contributed by atoms with van der Waals surface area (Å²) >= 11 is 4.53. The Morgan fingerprint density at radius 2 is 2.23 bits per heavy atom. The number of carbonyl (C=O) groups is 1. The van der Waals surface area contributed by atoms with Gasteiger partial charge in [0.25, 0.3) is 0 Å². The van der Waals surface area contributed by atoms with E-state index >= 15 is 0 Å². The summed E-state index contributed by atoms with van der Waals surface area (Å²) in [5.41, 5.74) is 1.87. The van der Waals surface area contributed by atoms with E-state index in [1.165, 1.54) is 17.4 Å². The second kappa shape index (κ2) is 5.14. The second-order valence-corrected chi connectivity index (χ2v) is 6.57. The number of pyridine rings is 1. The first-order chi connectivity index (χ1) is 10.7. The number of benzene rings is 1. The van der Waals surface area contributed by atoms with Crippen molar-refractivity contribution in [2.45, 2.75) is 6.61 Å². The number of hydrogen-bond donors (Lipinski definition) is 0. The Balaban J connectivity index is 2.01. The Morgan fingerprint density at radius 3 is 3.05 bits per heavy atom. The summed E-state index contributed by atoms with van der Waals surface area (Å²) in [6.45, 7) is 0.397. The van der Waals surface area contributed by atoms with Crippen LogP contribution < -0.4 is 4.74 Å². The van der Waals surface area contributed by atoms with E-state index < -0.39 is 0 Å². The monoisotopic (exact) mass is 377 g/mol. The van der Waals surface area contributed by atoms with E-state index in [0.29, 0.717) is 28.4 Å². The van der Waals surface area contributed by atoms with Crippen LogP contribution in [0.2, 0.25) is 0 Å². The Kier molecular flexibility index (Phi) is 3.23. The highest BCUT2D eigenvalue weighted by Gasteiger charge is 2.25. The van der Waals surface area contributed by atoms with Crippen molar-refractivity contribution in [3.63, 3.8) is 0 Å². The number of aromatic nitrogens is 1. The second-order valence-electron chi connectivity index (χ2n) is 4.91. The van der Waals surface area contributed by atoms with Crippen LogP contribution in [0, 0.1) is 5.82 Å². The number of ether oxygens (including phenoxy) is 1. The predicted molar refractivity (Wildman–Crippen MR) is 87.5 cm³/mol. The Labute approximate surface area is 137 Å². The van der Waals surface area contributed by atoms with Crippen molar-refractivity contribution in [1.29, 1.82) is 0 Å². The van der Waals surface area contributed by atoms with Crippen molar-refractivity contribution >= 4 is 43.1 Å². The van der Waals surface area contributed by atoms with Gasteiger partial charge in [-0.3, -0.25) is 4.79 Å². The molecule has 0 fully saturated rings. The molecule has 0 saturated carbocycles. The van der Waals surface area contributed by atoms with Crippen molar-refractivity contribution in [3.05, 3.63) is 46.7 Å². The normalized spacial score (nSPS) is 12.6. The first-order valence-corrected chi connectivity index (χ1v) is 8.56. The molecular formula is C16H9BrFNO2S. The van der Waals surface area contributed by atoms with Crippen LogP contribution in [0.5, 0.6) is 5.75 Å². The number of hydrogen-bond acceptors (Lipinski definition) is 4. The summed E-state index contributed by atoms with van der Waals surface area (Å²) in [6.07, 6.45) is 0. The number of rotatable bonds is 2. The van der Waals surface area contributed by atoms with Crippen LogP contribution >= 0.6 is 27.3 Å². The fourth-order valence-corrected chi connectivity index (χ4v) is 4.01. The van der Waals surface area contributed by atoms with Crippen LogP contribution in [0.4, 0.5) is 4.39 Å². The molecule has 0 bridgehead atoms. The Morgan fingerprint density at radius 1 is 1.36 bits per heavy atom. The van der Waals surface area contributed by atoms with E-state index in [9.17, 15) is 9.18 Å². The van der Waals surface area contributed by atoms with Crippen LogP contribution in [-0.2, 0) is 6.61 Å². The van der Waals surface area contributed by atoms with Gasteiger partial charge in [0.2, 0.25) is 0 Å². The largest absolute Gasteiger partial charge is 0.486 e. The summed E-state index contributed by atoms with van der Waals surface area (Å²) in [5, 5.41) is 1.03. The molecule has 0 aliphatic carbocycles. The standard InChI is InChI=1S/C16H9BrFNO2S/c17-6-11(20)10-4-5-12-15(19-10)14-8-2-1-3-9(18)16(8)22-13(14)7-21-12/h1-5H,6-7H2. The topological polar surface area (TPSA) is 39.2 Å². The number of alkyl halides is 1. The van der Waals surface area contributed by atoms with Gasteiger partial charge in [-0.15, -0.1) is 11.3 Å². The molecule has 110 valence electrons. The summed E-state index contributed by atoms with van der Waals surface area (Å²) < 4.78 is 20.3. The van der Waals surface area contributed by atoms with Gasteiger partial charge in [0, 0.05) is 10.9 Å². The molecular weight excluding hydrogens is 369 g/mol. The van der Waals surface area contributed by atoms with Crippen LogP contribution in [0.25, 0.3) is 21.3 Å². The number of fused-ring (bicyclic) bond motifs is 5. The quantitative estimate of drug-likeness (QED) is 0.484. The molecule has 1 aliphatic heterocycles. The van der Waals surface area contributed by atoms with Crippen LogP contribution in [0.15, 0.2) is 30.3 Å². The minimum atomic E-state index is -0.244. The fourth-order valence-electron chi connectivity index (χ4n) is 2.60. The summed E-state index contributed by atoms with van der Waals surface area (Å²) in [5.74, 6) is 0.286. The molecule has 0 unspecified atom stereocenters. The summed E-state index contributed by atoms with van der Waals surface area (Å²) in [6, 6.07) is 8.42. The van der Waals surface area contributed by atoms with E-state index in [4.69, 9.17) is 4.74 Å². The van der Waals surface area contributed by atoms with Crippen molar-refractivity contribution in [1.82, 2.24) is 4.98 Å². The molecule has 0 saturated heterocycles. The molecule has 3 heterocycles. The van der Waals surface area contributed by atoms with Gasteiger partial charge < -0.3 is 4.74 Å². The number of carbonyl (C=O) groups excluding carboxylic acids is 1. The van der Waals surface area contributed by atoms with Gasteiger partial charge in [0.1, 0.15) is 29.6 Å². The van der Waals surface area contributed by atoms with Gasteiger partial charge in [-0.1, -0.05) is 28.1 Å². The van der Waals surface area contributed by atoms with E-state index in [1.807, 2.05) is 6.07 Å². The zero-order valence-corrected chi connectivity index (χ0v) is 13.6. The third-order valence-electron chi connectivity index (χ3n) is 3.60. The first kappa shape index (κ1) is 13.8. The van der Waals surface area contributed by atoms with E-state index in [1.54, 1.807) is 18.2 Å². The first-order valence-electron chi connectivity index (χ1n) is 6.62. The number of halogens is 2. The summed E-state index contributed by atoms with van der Waals surface area (Å²) in [7, 11) is 0. The lowest BCUT2D eigenvalue weighted by molar-refractivity contribution is 0.101. The minimum absolute atomic E-state index is 0.0966. The number of Topliss-reactive ketones (excluding diaryl/α,β-unsaturated/α-hetero) is 1. The molecule has 0 radical (unpaired) electrons. The molecule has 2 aromatic heterocycles. The third-order valence-corrected chi connectivity index (χ3v) is 5.30. The highest BCUT2D eigenvalue weighted by atomic mass is 79.9. The molecule has 3 aromatic rings. The molecule has 0 spiro atoms. The van der Waals surface area contributed by atoms with Gasteiger partial charge in [-0.25, -0.2) is 9.37 Å². The fraction of sp³-hybridized carbons (Fsp3) is 0.125. The molecule has 1 aromatic carbocycles. The lowest BCUT2D eigenvalue weighted by Crippen LogP contribution is -2.09. The number of nitrogens with zero attached hydrogens (tertiary/aromatic N) is 1. The van der Waals surface area contributed by atoms with Crippen molar-refractivity contribution in [3.8, 4) is 17.0 Å².